The van der Waals surface area contributed by atoms with Gasteiger partial charge < -0.3 is 15.0 Å². The number of halogens is 4. The Balaban J connectivity index is 1.16. The fraction of sp³-hybridized carbons (Fsp3) is 0.310. The number of nitrogens with zero attached hydrogens (tertiary/aromatic N) is 2. The molecule has 6 nitrogen and oxygen atoms in total. The monoisotopic (exact) mass is 557 g/mol. The number of rotatable bonds is 7. The Hall–Kier alpha value is -3.72. The van der Waals surface area contributed by atoms with E-state index in [1.807, 2.05) is 25.1 Å². The second-order valence-electron chi connectivity index (χ2n) is 9.64. The minimum atomic E-state index is -4.68. The predicted octanol–water partition coefficient (Wildman–Crippen LogP) is 6.18. The normalized spacial score (nSPS) is 14.5. The molecule has 10 heteroatoms. The molecule has 4 aromatic rings. The molecule has 0 unspecified atom stereocenters. The molecule has 0 aliphatic carbocycles. The second kappa shape index (κ2) is 11.2. The molecule has 0 bridgehead atoms. The van der Waals surface area contributed by atoms with E-state index in [4.69, 9.17) is 11.6 Å². The zero-order valence-electron chi connectivity index (χ0n) is 21.4. The Kier molecular flexibility index (Phi) is 7.70. The number of ether oxygens (including phenoxy) is 1. The first kappa shape index (κ1) is 26.9. The fourth-order valence-electron chi connectivity index (χ4n) is 5.13. The number of hydrogen-bond acceptors (Lipinski definition) is 3. The first-order valence-corrected chi connectivity index (χ1v) is 13.3. The highest BCUT2D eigenvalue weighted by atomic mass is 35.5. The van der Waals surface area contributed by atoms with Crippen molar-refractivity contribution >= 4 is 28.8 Å². The number of amides is 1. The molecule has 204 valence electrons. The SMILES string of the molecule is CCc1[nH]c2ccc(Cl)c[n+]2c1C(=O)NCc1ccc(N2CCC(c3ccc(OC(F)(F)F)cc3)CC2)cc1. The Bertz CT molecular complexity index is 1440. The number of alkyl halides is 3. The molecule has 2 aromatic heterocycles. The fourth-order valence-corrected chi connectivity index (χ4v) is 5.29. The number of nitrogens with one attached hydrogen (secondary N) is 2. The number of benzene rings is 2. The third-order valence-electron chi connectivity index (χ3n) is 7.12. The summed E-state index contributed by atoms with van der Waals surface area (Å²) in [6.45, 7) is 4.09. The molecule has 0 saturated carbocycles. The molecule has 3 heterocycles. The number of pyridine rings is 1. The smallest absolute Gasteiger partial charge is 0.406 e. The lowest BCUT2D eigenvalue weighted by atomic mass is 9.89. The van der Waals surface area contributed by atoms with Crippen molar-refractivity contribution in [2.75, 3.05) is 18.0 Å². The van der Waals surface area contributed by atoms with Crippen molar-refractivity contribution in [3.05, 3.63) is 94.4 Å². The second-order valence-corrected chi connectivity index (χ2v) is 10.1. The van der Waals surface area contributed by atoms with Gasteiger partial charge in [-0.15, -0.1) is 13.2 Å². The van der Waals surface area contributed by atoms with Crippen molar-refractivity contribution in [2.24, 2.45) is 0 Å². The summed E-state index contributed by atoms with van der Waals surface area (Å²) in [6.07, 6.45) is -0.452. The van der Waals surface area contributed by atoms with E-state index >= 15 is 0 Å². The summed E-state index contributed by atoms with van der Waals surface area (Å²) in [5.74, 6) is -0.0779. The van der Waals surface area contributed by atoms with Gasteiger partial charge in [-0.1, -0.05) is 42.8 Å². The Morgan fingerprint density at radius 2 is 1.77 bits per heavy atom. The number of piperidine rings is 1. The summed E-state index contributed by atoms with van der Waals surface area (Å²) in [7, 11) is 0. The largest absolute Gasteiger partial charge is 0.573 e. The molecule has 0 atom stereocenters. The number of aromatic amines is 1. The first-order valence-electron chi connectivity index (χ1n) is 12.9. The maximum absolute atomic E-state index is 13.1. The number of carbonyl (C=O) groups is 1. The lowest BCUT2D eigenvalue weighted by Gasteiger charge is -2.34. The van der Waals surface area contributed by atoms with Gasteiger partial charge in [-0.25, -0.2) is 4.98 Å². The summed E-state index contributed by atoms with van der Waals surface area (Å²) < 4.78 is 43.0. The number of aryl methyl sites for hydroxylation is 1. The van der Waals surface area contributed by atoms with E-state index in [9.17, 15) is 18.0 Å². The average Bonchev–Trinajstić information content (AvgIpc) is 3.29. The van der Waals surface area contributed by atoms with Gasteiger partial charge in [-0.05, 0) is 60.2 Å². The van der Waals surface area contributed by atoms with Crippen LogP contribution in [0.5, 0.6) is 5.75 Å². The van der Waals surface area contributed by atoms with Crippen LogP contribution in [0.4, 0.5) is 18.9 Å². The molecule has 2 aromatic carbocycles. The number of H-pyrrole nitrogens is 1. The van der Waals surface area contributed by atoms with Crippen LogP contribution >= 0.6 is 11.6 Å². The van der Waals surface area contributed by atoms with E-state index < -0.39 is 6.36 Å². The van der Waals surface area contributed by atoms with Crippen LogP contribution in [0, 0.1) is 0 Å². The number of aromatic nitrogens is 2. The molecular weight excluding hydrogens is 529 g/mol. The van der Waals surface area contributed by atoms with Crippen LogP contribution in [0.15, 0.2) is 66.9 Å². The Morgan fingerprint density at radius 1 is 1.08 bits per heavy atom. The number of carbonyl (C=O) groups excluding carboxylic acids is 1. The molecule has 0 radical (unpaired) electrons. The zero-order chi connectivity index (χ0) is 27.6. The summed E-state index contributed by atoms with van der Waals surface area (Å²) in [6, 6.07) is 18.0. The predicted molar refractivity (Wildman–Crippen MR) is 143 cm³/mol. The minimum absolute atomic E-state index is 0.172. The van der Waals surface area contributed by atoms with E-state index in [1.165, 1.54) is 12.1 Å². The molecule has 1 aliphatic heterocycles. The Labute approximate surface area is 229 Å². The summed E-state index contributed by atoms with van der Waals surface area (Å²) in [5.41, 5.74) is 5.33. The topological polar surface area (TPSA) is 61.5 Å². The standard InChI is InChI=1S/C29H28ClF3N4O2/c1-2-25-27(37-18-22(30)7-12-26(37)35-25)28(38)34-17-19-3-8-23(9-4-19)36-15-13-21(14-16-36)20-5-10-24(11-6-20)39-29(31,32)33/h3-12,18,21H,2,13-17H2,1H3,(H,34,38)/p+1. The molecule has 1 saturated heterocycles. The van der Waals surface area contributed by atoms with Gasteiger partial charge in [0, 0.05) is 37.8 Å². The quantitative estimate of drug-likeness (QED) is 0.267. The van der Waals surface area contributed by atoms with Crippen molar-refractivity contribution < 1.29 is 27.1 Å². The van der Waals surface area contributed by atoms with Crippen LogP contribution in [-0.2, 0) is 13.0 Å². The van der Waals surface area contributed by atoms with Gasteiger partial charge in [0.05, 0.1) is 5.02 Å². The van der Waals surface area contributed by atoms with Crippen LogP contribution in [-0.4, -0.2) is 30.3 Å². The van der Waals surface area contributed by atoms with Crippen molar-refractivity contribution in [1.82, 2.24) is 10.3 Å². The van der Waals surface area contributed by atoms with E-state index in [0.29, 0.717) is 29.6 Å². The molecular formula is C29H29ClF3N4O2+. The van der Waals surface area contributed by atoms with Crippen molar-refractivity contribution in [3.8, 4) is 5.75 Å². The van der Waals surface area contributed by atoms with Gasteiger partial charge in [0.1, 0.15) is 11.9 Å². The molecule has 39 heavy (non-hydrogen) atoms. The first-order chi connectivity index (χ1) is 18.7. The van der Waals surface area contributed by atoms with E-state index in [1.54, 1.807) is 28.8 Å². The molecule has 2 N–H and O–H groups in total. The zero-order valence-corrected chi connectivity index (χ0v) is 22.1. The Morgan fingerprint density at radius 3 is 2.41 bits per heavy atom. The lowest BCUT2D eigenvalue weighted by molar-refractivity contribution is -0.513. The van der Waals surface area contributed by atoms with Crippen LogP contribution < -0.4 is 19.4 Å². The maximum Gasteiger partial charge on any atom is 0.573 e. The van der Waals surface area contributed by atoms with Gasteiger partial charge in [0.15, 0.2) is 5.69 Å². The number of anilines is 1. The molecule has 1 fully saturated rings. The third-order valence-corrected chi connectivity index (χ3v) is 7.34. The van der Waals surface area contributed by atoms with Crippen LogP contribution in [0.1, 0.15) is 53.0 Å². The molecule has 5 rings (SSSR count). The third kappa shape index (κ3) is 6.30. The maximum atomic E-state index is 13.1. The number of fused-ring (bicyclic) bond motifs is 1. The lowest BCUT2D eigenvalue weighted by Crippen LogP contribution is -2.35. The van der Waals surface area contributed by atoms with Crippen LogP contribution in [0.2, 0.25) is 5.02 Å². The van der Waals surface area contributed by atoms with Crippen molar-refractivity contribution in [3.63, 3.8) is 0 Å². The average molecular weight is 558 g/mol. The molecule has 0 spiro atoms. The van der Waals surface area contributed by atoms with Gasteiger partial charge in [-0.3, -0.25) is 4.79 Å². The van der Waals surface area contributed by atoms with Gasteiger partial charge in [0.25, 0.3) is 11.6 Å². The summed E-state index contributed by atoms with van der Waals surface area (Å²) >= 11 is 6.15. The number of hydrogen-bond donors (Lipinski definition) is 2. The van der Waals surface area contributed by atoms with E-state index in [2.05, 4.69) is 32.1 Å². The van der Waals surface area contributed by atoms with Gasteiger partial charge in [-0.2, -0.15) is 4.40 Å². The van der Waals surface area contributed by atoms with Crippen LogP contribution in [0.3, 0.4) is 0 Å². The van der Waals surface area contributed by atoms with Gasteiger partial charge in [0.2, 0.25) is 5.69 Å². The van der Waals surface area contributed by atoms with Crippen molar-refractivity contribution in [2.45, 2.75) is 45.0 Å². The van der Waals surface area contributed by atoms with E-state index in [0.717, 1.165) is 54.1 Å². The minimum Gasteiger partial charge on any atom is -0.406 e. The highest BCUT2D eigenvalue weighted by molar-refractivity contribution is 6.30. The van der Waals surface area contributed by atoms with E-state index in [-0.39, 0.29) is 11.7 Å². The summed E-state index contributed by atoms with van der Waals surface area (Å²) in [5, 5.41) is 3.57. The van der Waals surface area contributed by atoms with Gasteiger partial charge >= 0.3 is 6.36 Å². The molecule has 1 aliphatic rings. The number of imidazole rings is 1. The highest BCUT2D eigenvalue weighted by Crippen LogP contribution is 2.32. The van der Waals surface area contributed by atoms with Crippen molar-refractivity contribution in [1.29, 1.82) is 0 Å². The van der Waals surface area contributed by atoms with Crippen LogP contribution in [0.25, 0.3) is 5.65 Å². The molecule has 1 amide bonds. The summed E-state index contributed by atoms with van der Waals surface area (Å²) in [4.78, 5) is 18.7. The highest BCUT2D eigenvalue weighted by Gasteiger charge is 2.31.